The van der Waals surface area contributed by atoms with Crippen LogP contribution in [0.2, 0.25) is 0 Å². The SMILES string of the molecule is [2H]C1([2H])Cc2c(c3ccc(CCl)c(F)c3[nH]c2=O)O1. The second kappa shape index (κ2) is 3.74. The normalized spacial score (nSPS) is 18.5. The second-order valence-electron chi connectivity index (χ2n) is 3.78. The number of rotatable bonds is 1. The molecule has 0 spiro atoms. The number of hydrogen-bond donors (Lipinski definition) is 1. The number of pyridine rings is 1. The number of ether oxygens (including phenoxy) is 1. The Balaban J connectivity index is 2.38. The number of H-pyrrole nitrogens is 1. The predicted octanol–water partition coefficient (Wildman–Crippen LogP) is 2.34. The molecule has 3 rings (SSSR count). The van der Waals surface area contributed by atoms with Crippen molar-refractivity contribution in [2.24, 2.45) is 0 Å². The standard InChI is InChI=1S/C12H9ClFNO2/c13-5-6-1-2-7-10(9(6)14)15-12(16)8-3-4-17-11(7)8/h1-2H,3-5H2,(H,15,16)/i4D2. The third-order valence-corrected chi connectivity index (χ3v) is 3.11. The van der Waals surface area contributed by atoms with Crippen LogP contribution in [0.5, 0.6) is 5.75 Å². The number of benzene rings is 1. The van der Waals surface area contributed by atoms with Gasteiger partial charge in [-0.1, -0.05) is 6.07 Å². The molecule has 0 saturated carbocycles. The van der Waals surface area contributed by atoms with Gasteiger partial charge in [-0.2, -0.15) is 0 Å². The Morgan fingerprint density at radius 3 is 3.18 bits per heavy atom. The van der Waals surface area contributed by atoms with Gasteiger partial charge in [0.05, 0.1) is 26.3 Å². The predicted molar refractivity (Wildman–Crippen MR) is 63.3 cm³/mol. The van der Waals surface area contributed by atoms with Crippen LogP contribution in [0.25, 0.3) is 10.9 Å². The third kappa shape index (κ3) is 1.44. The Morgan fingerprint density at radius 2 is 2.41 bits per heavy atom. The molecule has 1 aromatic carbocycles. The fraction of sp³-hybridized carbons (Fsp3) is 0.250. The number of alkyl halides is 1. The second-order valence-corrected chi connectivity index (χ2v) is 4.05. The van der Waals surface area contributed by atoms with E-state index in [0.717, 1.165) is 0 Å². The Bertz CT molecular complexity index is 745. The van der Waals surface area contributed by atoms with E-state index in [1.165, 1.54) is 6.07 Å². The van der Waals surface area contributed by atoms with Gasteiger partial charge in [0.15, 0.2) is 5.82 Å². The summed E-state index contributed by atoms with van der Waals surface area (Å²) in [5, 5.41) is 0.349. The van der Waals surface area contributed by atoms with Crippen molar-refractivity contribution in [3.63, 3.8) is 0 Å². The lowest BCUT2D eigenvalue weighted by Crippen LogP contribution is -2.11. The van der Waals surface area contributed by atoms with Gasteiger partial charge >= 0.3 is 0 Å². The molecule has 0 saturated heterocycles. The molecular formula is C12H9ClFNO2. The van der Waals surface area contributed by atoms with E-state index >= 15 is 0 Å². The van der Waals surface area contributed by atoms with Crippen molar-refractivity contribution in [2.75, 3.05) is 6.56 Å². The zero-order chi connectivity index (χ0) is 13.8. The molecule has 5 heteroatoms. The van der Waals surface area contributed by atoms with Crippen molar-refractivity contribution in [3.05, 3.63) is 39.4 Å². The molecule has 1 N–H and O–H groups in total. The first-order valence-corrected chi connectivity index (χ1v) is 5.57. The summed E-state index contributed by atoms with van der Waals surface area (Å²) in [5.74, 6) is -0.505. The Hall–Kier alpha value is -1.55. The van der Waals surface area contributed by atoms with Crippen LogP contribution in [-0.4, -0.2) is 11.5 Å². The molecule has 0 amide bonds. The van der Waals surface area contributed by atoms with Crippen molar-refractivity contribution in [3.8, 4) is 5.75 Å². The zero-order valence-electron chi connectivity index (χ0n) is 10.6. The summed E-state index contributed by atoms with van der Waals surface area (Å²) in [6, 6.07) is 3.08. The molecule has 2 heterocycles. The molecule has 88 valence electrons. The van der Waals surface area contributed by atoms with E-state index in [1.54, 1.807) is 6.07 Å². The maximum absolute atomic E-state index is 14.1. The summed E-state index contributed by atoms with van der Waals surface area (Å²) in [4.78, 5) is 14.3. The highest BCUT2D eigenvalue weighted by Gasteiger charge is 2.21. The minimum absolute atomic E-state index is 0.000370. The largest absolute Gasteiger partial charge is 0.492 e. The minimum atomic E-state index is -1.94. The number of fused-ring (bicyclic) bond motifs is 3. The number of nitrogens with one attached hydrogen (secondary N) is 1. The van der Waals surface area contributed by atoms with Crippen LogP contribution in [0.3, 0.4) is 0 Å². The van der Waals surface area contributed by atoms with Gasteiger partial charge in [0.2, 0.25) is 0 Å². The first-order valence-electron chi connectivity index (χ1n) is 6.04. The van der Waals surface area contributed by atoms with E-state index in [9.17, 15) is 9.18 Å². The molecule has 1 aliphatic rings. The highest BCUT2D eigenvalue weighted by molar-refractivity contribution is 6.17. The zero-order valence-corrected chi connectivity index (χ0v) is 9.40. The van der Waals surface area contributed by atoms with Crippen molar-refractivity contribution < 1.29 is 11.9 Å². The molecule has 0 radical (unpaired) electrons. The summed E-state index contributed by atoms with van der Waals surface area (Å²) < 4.78 is 34.3. The molecule has 1 aliphatic heterocycles. The van der Waals surface area contributed by atoms with E-state index in [2.05, 4.69) is 4.98 Å². The minimum Gasteiger partial charge on any atom is -0.492 e. The Labute approximate surface area is 104 Å². The van der Waals surface area contributed by atoms with E-state index in [-0.39, 0.29) is 34.7 Å². The van der Waals surface area contributed by atoms with E-state index in [1.807, 2.05) is 0 Å². The number of aromatic amines is 1. The monoisotopic (exact) mass is 255 g/mol. The Kier molecular flexibility index (Phi) is 1.87. The molecule has 0 fully saturated rings. The lowest BCUT2D eigenvalue weighted by Gasteiger charge is -2.07. The van der Waals surface area contributed by atoms with Crippen LogP contribution in [0.1, 0.15) is 13.9 Å². The van der Waals surface area contributed by atoms with Crippen molar-refractivity contribution in [2.45, 2.75) is 12.3 Å². The molecule has 0 atom stereocenters. The first-order chi connectivity index (χ1) is 8.93. The molecule has 0 bridgehead atoms. The lowest BCUT2D eigenvalue weighted by atomic mass is 10.1. The van der Waals surface area contributed by atoms with E-state index in [4.69, 9.17) is 19.1 Å². The third-order valence-electron chi connectivity index (χ3n) is 2.82. The quantitative estimate of drug-likeness (QED) is 0.795. The average molecular weight is 256 g/mol. The molecular weight excluding hydrogens is 245 g/mol. The fourth-order valence-corrected chi connectivity index (χ4v) is 2.15. The van der Waals surface area contributed by atoms with Gasteiger partial charge in [0.1, 0.15) is 5.75 Å². The highest BCUT2D eigenvalue weighted by Crippen LogP contribution is 2.32. The molecule has 2 aromatic rings. The van der Waals surface area contributed by atoms with Crippen molar-refractivity contribution >= 4 is 22.5 Å². The van der Waals surface area contributed by atoms with Gasteiger partial charge in [-0.15, -0.1) is 11.6 Å². The van der Waals surface area contributed by atoms with Crippen molar-refractivity contribution in [1.29, 1.82) is 0 Å². The summed E-state index contributed by atoms with van der Waals surface area (Å²) in [6.07, 6.45) is -0.146. The smallest absolute Gasteiger partial charge is 0.255 e. The maximum Gasteiger partial charge on any atom is 0.255 e. The summed E-state index contributed by atoms with van der Waals surface area (Å²) in [5.41, 5.74) is -0.0598. The van der Waals surface area contributed by atoms with Gasteiger partial charge in [0.25, 0.3) is 5.56 Å². The molecule has 3 nitrogen and oxygen atoms in total. The summed E-state index contributed by atoms with van der Waals surface area (Å²) in [6.45, 7) is -1.94. The average Bonchev–Trinajstić information content (AvgIpc) is 2.67. The molecule has 1 aromatic heterocycles. The van der Waals surface area contributed by atoms with Crippen LogP contribution in [-0.2, 0) is 12.3 Å². The van der Waals surface area contributed by atoms with Gasteiger partial charge in [-0.25, -0.2) is 4.39 Å². The summed E-state index contributed by atoms with van der Waals surface area (Å²) in [7, 11) is 0. The van der Waals surface area contributed by atoms with Gasteiger partial charge in [0, 0.05) is 17.4 Å². The van der Waals surface area contributed by atoms with E-state index in [0.29, 0.717) is 5.39 Å². The van der Waals surface area contributed by atoms with Gasteiger partial charge < -0.3 is 9.72 Å². The van der Waals surface area contributed by atoms with Crippen molar-refractivity contribution in [1.82, 2.24) is 4.98 Å². The number of halogens is 2. The highest BCUT2D eigenvalue weighted by atomic mass is 35.5. The maximum atomic E-state index is 14.1. The van der Waals surface area contributed by atoms with Gasteiger partial charge in [-0.05, 0) is 6.07 Å². The number of aromatic nitrogens is 1. The van der Waals surface area contributed by atoms with E-state index < -0.39 is 17.9 Å². The first kappa shape index (κ1) is 8.53. The van der Waals surface area contributed by atoms with Crippen LogP contribution in [0.4, 0.5) is 4.39 Å². The van der Waals surface area contributed by atoms with Crippen LogP contribution < -0.4 is 10.3 Å². The Morgan fingerprint density at radius 1 is 1.59 bits per heavy atom. The topological polar surface area (TPSA) is 42.1 Å². The van der Waals surface area contributed by atoms with Gasteiger partial charge in [-0.3, -0.25) is 4.79 Å². The molecule has 0 unspecified atom stereocenters. The molecule has 17 heavy (non-hydrogen) atoms. The van der Waals surface area contributed by atoms with Crippen LogP contribution in [0.15, 0.2) is 16.9 Å². The van der Waals surface area contributed by atoms with Crippen LogP contribution >= 0.6 is 11.6 Å². The fourth-order valence-electron chi connectivity index (χ4n) is 1.95. The lowest BCUT2D eigenvalue weighted by molar-refractivity contribution is 0.360. The van der Waals surface area contributed by atoms with Crippen LogP contribution in [0, 0.1) is 5.82 Å². The number of hydrogen-bond acceptors (Lipinski definition) is 2. The summed E-state index contributed by atoms with van der Waals surface area (Å²) >= 11 is 5.61. The molecule has 0 aliphatic carbocycles.